The Hall–Kier alpha value is -3.74. The summed E-state index contributed by atoms with van der Waals surface area (Å²) in [4.78, 5) is 22.0. The predicted octanol–water partition coefficient (Wildman–Crippen LogP) is 4.03. The SMILES string of the molecule is CC(C)Nc1cncc(-c2cnc3c(c2)C(c2nc4c([nH]2)CC=CC=C4)=NCN3)c1. The summed E-state index contributed by atoms with van der Waals surface area (Å²) in [5.41, 5.74) is 6.79. The first-order valence-electron chi connectivity index (χ1n) is 10.1. The van der Waals surface area contributed by atoms with Crippen LogP contribution in [0.2, 0.25) is 0 Å². The Labute approximate surface area is 175 Å². The number of H-pyrrole nitrogens is 1. The van der Waals surface area contributed by atoms with Crippen LogP contribution in [0, 0.1) is 0 Å². The minimum Gasteiger partial charge on any atom is -0.382 e. The molecule has 0 radical (unpaired) electrons. The number of pyridine rings is 2. The monoisotopic (exact) mass is 397 g/mol. The summed E-state index contributed by atoms with van der Waals surface area (Å²) in [6, 6.07) is 4.53. The topological polar surface area (TPSA) is 90.9 Å². The summed E-state index contributed by atoms with van der Waals surface area (Å²) in [6.07, 6.45) is 14.6. The molecule has 150 valence electrons. The molecule has 4 heterocycles. The van der Waals surface area contributed by atoms with E-state index >= 15 is 0 Å². The van der Waals surface area contributed by atoms with E-state index in [4.69, 9.17) is 9.98 Å². The van der Waals surface area contributed by atoms with Crippen LogP contribution in [-0.4, -0.2) is 38.4 Å². The zero-order chi connectivity index (χ0) is 20.5. The van der Waals surface area contributed by atoms with Crippen LogP contribution in [0.5, 0.6) is 0 Å². The lowest BCUT2D eigenvalue weighted by molar-refractivity contribution is 0.898. The third kappa shape index (κ3) is 3.50. The van der Waals surface area contributed by atoms with Gasteiger partial charge in [0, 0.05) is 53.4 Å². The van der Waals surface area contributed by atoms with E-state index in [0.29, 0.717) is 12.7 Å². The van der Waals surface area contributed by atoms with Crippen molar-refractivity contribution >= 4 is 23.3 Å². The Kier molecular flexibility index (Phi) is 4.63. The Morgan fingerprint density at radius 1 is 1.07 bits per heavy atom. The summed E-state index contributed by atoms with van der Waals surface area (Å²) in [7, 11) is 0. The highest BCUT2D eigenvalue weighted by Crippen LogP contribution is 2.28. The molecule has 0 unspecified atom stereocenters. The van der Waals surface area contributed by atoms with E-state index in [-0.39, 0.29) is 0 Å². The fraction of sp³-hybridized carbons (Fsp3) is 0.217. The smallest absolute Gasteiger partial charge is 0.157 e. The minimum atomic E-state index is 0.338. The first-order chi connectivity index (χ1) is 14.7. The van der Waals surface area contributed by atoms with Gasteiger partial charge in [0.1, 0.15) is 18.2 Å². The molecule has 0 fully saturated rings. The van der Waals surface area contributed by atoms with Crippen molar-refractivity contribution in [2.75, 3.05) is 17.3 Å². The number of fused-ring (bicyclic) bond motifs is 2. The maximum Gasteiger partial charge on any atom is 0.157 e. The molecule has 0 amide bonds. The Balaban J connectivity index is 1.53. The number of hydrogen-bond acceptors (Lipinski definition) is 6. The molecular weight excluding hydrogens is 374 g/mol. The molecule has 3 N–H and O–H groups in total. The van der Waals surface area contributed by atoms with Crippen molar-refractivity contribution in [1.82, 2.24) is 19.9 Å². The van der Waals surface area contributed by atoms with Crippen LogP contribution in [-0.2, 0) is 6.42 Å². The second-order valence-corrected chi connectivity index (χ2v) is 7.66. The maximum atomic E-state index is 4.79. The van der Waals surface area contributed by atoms with E-state index in [0.717, 1.165) is 57.5 Å². The largest absolute Gasteiger partial charge is 0.382 e. The standard InChI is InChI=1S/C23H23N7/c1-14(2)28-17-8-15(10-24-12-17)16-9-18-21(26-13-27-22(18)25-11-16)23-29-19-6-4-3-5-7-20(19)30-23/h3-6,8-12,14,28H,7,13H2,1-2H3,(H,25,27)(H,29,30). The maximum absolute atomic E-state index is 4.79. The number of allylic oxidation sites excluding steroid dienone is 3. The number of imidazole rings is 1. The van der Waals surface area contributed by atoms with Crippen LogP contribution in [0.4, 0.5) is 11.5 Å². The fourth-order valence-corrected chi connectivity index (χ4v) is 3.67. The lowest BCUT2D eigenvalue weighted by Crippen LogP contribution is -2.19. The van der Waals surface area contributed by atoms with Gasteiger partial charge in [0.05, 0.1) is 11.4 Å². The first kappa shape index (κ1) is 18.3. The molecule has 30 heavy (non-hydrogen) atoms. The lowest BCUT2D eigenvalue weighted by Gasteiger charge is -2.18. The van der Waals surface area contributed by atoms with Gasteiger partial charge in [-0.15, -0.1) is 0 Å². The minimum absolute atomic E-state index is 0.338. The molecule has 7 heteroatoms. The summed E-state index contributed by atoms with van der Waals surface area (Å²) in [6.45, 7) is 4.69. The lowest BCUT2D eigenvalue weighted by atomic mass is 10.0. The van der Waals surface area contributed by atoms with Crippen LogP contribution in [0.3, 0.4) is 0 Å². The average molecular weight is 397 g/mol. The normalized spacial score (nSPS) is 14.6. The van der Waals surface area contributed by atoms with E-state index in [1.807, 2.05) is 36.8 Å². The van der Waals surface area contributed by atoms with Gasteiger partial charge in [-0.05, 0) is 32.1 Å². The average Bonchev–Trinajstić information content (AvgIpc) is 3.02. The van der Waals surface area contributed by atoms with Crippen molar-refractivity contribution < 1.29 is 0 Å². The molecular formula is C23H23N7. The van der Waals surface area contributed by atoms with Gasteiger partial charge in [-0.3, -0.25) is 9.98 Å². The number of anilines is 2. The van der Waals surface area contributed by atoms with Crippen molar-refractivity contribution in [1.29, 1.82) is 0 Å². The molecule has 0 saturated heterocycles. The van der Waals surface area contributed by atoms with Gasteiger partial charge >= 0.3 is 0 Å². The number of aromatic nitrogens is 4. The molecule has 1 aliphatic carbocycles. The van der Waals surface area contributed by atoms with Gasteiger partial charge in [-0.1, -0.05) is 18.2 Å². The van der Waals surface area contributed by atoms with Crippen molar-refractivity contribution in [3.63, 3.8) is 0 Å². The fourth-order valence-electron chi connectivity index (χ4n) is 3.67. The van der Waals surface area contributed by atoms with E-state index in [9.17, 15) is 0 Å². The van der Waals surface area contributed by atoms with Gasteiger partial charge in [-0.25, -0.2) is 9.97 Å². The van der Waals surface area contributed by atoms with Gasteiger partial charge in [-0.2, -0.15) is 0 Å². The van der Waals surface area contributed by atoms with Gasteiger partial charge in [0.25, 0.3) is 0 Å². The second kappa shape index (κ2) is 7.59. The van der Waals surface area contributed by atoms with E-state index in [2.05, 4.69) is 57.6 Å². The summed E-state index contributed by atoms with van der Waals surface area (Å²) in [5, 5.41) is 6.66. The van der Waals surface area contributed by atoms with E-state index < -0.39 is 0 Å². The van der Waals surface area contributed by atoms with Crippen LogP contribution in [0.15, 0.2) is 53.9 Å². The van der Waals surface area contributed by atoms with Gasteiger partial charge in [0.2, 0.25) is 0 Å². The Morgan fingerprint density at radius 2 is 1.97 bits per heavy atom. The van der Waals surface area contributed by atoms with Crippen LogP contribution in [0.1, 0.15) is 36.6 Å². The number of nitrogens with one attached hydrogen (secondary N) is 3. The molecule has 0 spiro atoms. The Morgan fingerprint density at radius 3 is 2.87 bits per heavy atom. The van der Waals surface area contributed by atoms with Crippen molar-refractivity contribution in [3.05, 3.63) is 71.7 Å². The van der Waals surface area contributed by atoms with E-state index in [1.165, 1.54) is 0 Å². The summed E-state index contributed by atoms with van der Waals surface area (Å²) >= 11 is 0. The number of rotatable bonds is 4. The van der Waals surface area contributed by atoms with Crippen LogP contribution < -0.4 is 10.6 Å². The third-order valence-corrected chi connectivity index (χ3v) is 5.01. The predicted molar refractivity (Wildman–Crippen MR) is 121 cm³/mol. The Bertz CT molecular complexity index is 1180. The summed E-state index contributed by atoms with van der Waals surface area (Å²) < 4.78 is 0. The van der Waals surface area contributed by atoms with Crippen molar-refractivity contribution in [2.24, 2.45) is 4.99 Å². The highest BCUT2D eigenvalue weighted by Gasteiger charge is 2.22. The molecule has 3 aromatic rings. The second-order valence-electron chi connectivity index (χ2n) is 7.66. The number of hydrogen-bond donors (Lipinski definition) is 3. The number of aromatic amines is 1. The molecule has 7 nitrogen and oxygen atoms in total. The quantitative estimate of drug-likeness (QED) is 0.618. The molecule has 3 aromatic heterocycles. The molecule has 0 atom stereocenters. The molecule has 0 saturated carbocycles. The molecule has 5 rings (SSSR count). The van der Waals surface area contributed by atoms with Crippen molar-refractivity contribution in [3.8, 4) is 11.1 Å². The zero-order valence-corrected chi connectivity index (χ0v) is 17.0. The highest BCUT2D eigenvalue weighted by atomic mass is 15.1. The number of nitrogens with zero attached hydrogens (tertiary/aromatic N) is 4. The molecule has 0 bridgehead atoms. The molecule has 0 aromatic carbocycles. The van der Waals surface area contributed by atoms with Gasteiger partial charge in [0.15, 0.2) is 5.82 Å². The number of aliphatic imine (C=N–C) groups is 1. The summed E-state index contributed by atoms with van der Waals surface area (Å²) in [5.74, 6) is 1.59. The third-order valence-electron chi connectivity index (χ3n) is 5.01. The van der Waals surface area contributed by atoms with Crippen LogP contribution >= 0.6 is 0 Å². The highest BCUT2D eigenvalue weighted by molar-refractivity contribution is 6.15. The molecule has 1 aliphatic heterocycles. The zero-order valence-electron chi connectivity index (χ0n) is 17.0. The van der Waals surface area contributed by atoms with Crippen LogP contribution in [0.25, 0.3) is 17.2 Å². The molecule has 2 aliphatic rings. The van der Waals surface area contributed by atoms with E-state index in [1.54, 1.807) is 0 Å². The van der Waals surface area contributed by atoms with Gasteiger partial charge < -0.3 is 15.6 Å². The van der Waals surface area contributed by atoms with Crippen molar-refractivity contribution in [2.45, 2.75) is 26.3 Å². The first-order valence-corrected chi connectivity index (χ1v) is 10.1.